The van der Waals surface area contributed by atoms with Gasteiger partial charge < -0.3 is 5.32 Å². The average molecular weight is 292 g/mol. The third-order valence-electron chi connectivity index (χ3n) is 4.05. The van der Waals surface area contributed by atoms with E-state index in [1.165, 1.54) is 35.3 Å². The second kappa shape index (κ2) is 6.53. The fraction of sp³-hybridized carbons (Fsp3) is 0.667. The van der Waals surface area contributed by atoms with Crippen molar-refractivity contribution in [3.8, 4) is 0 Å². The summed E-state index contributed by atoms with van der Waals surface area (Å²) in [6.07, 6.45) is 3.77. The van der Waals surface area contributed by atoms with E-state index in [1.807, 2.05) is 0 Å². The van der Waals surface area contributed by atoms with Crippen molar-refractivity contribution in [2.75, 3.05) is 6.54 Å². The van der Waals surface area contributed by atoms with E-state index in [0.29, 0.717) is 11.3 Å². The molecule has 0 aliphatic carbocycles. The fourth-order valence-electron chi connectivity index (χ4n) is 2.85. The quantitative estimate of drug-likeness (QED) is 0.790. The minimum atomic E-state index is 0.234. The van der Waals surface area contributed by atoms with Gasteiger partial charge in [-0.15, -0.1) is 11.8 Å². The van der Waals surface area contributed by atoms with Gasteiger partial charge >= 0.3 is 0 Å². The van der Waals surface area contributed by atoms with Gasteiger partial charge in [-0.25, -0.2) is 0 Å². The third kappa shape index (κ3) is 3.40. The lowest BCUT2D eigenvalue weighted by Gasteiger charge is -2.23. The van der Waals surface area contributed by atoms with E-state index in [1.54, 1.807) is 0 Å². The molecule has 0 aromatic heterocycles. The molecule has 0 saturated heterocycles. The van der Waals surface area contributed by atoms with Gasteiger partial charge in [0, 0.05) is 16.2 Å². The molecule has 2 atom stereocenters. The standard InChI is InChI=1S/C18H29NS/c1-6-8-16-17(19-11-7-2)14-12-13(18(3,4)5)9-10-15(14)20-16/h9-10,12,16-17,19H,6-8,11H2,1-5H3. The summed E-state index contributed by atoms with van der Waals surface area (Å²) in [5, 5.41) is 4.49. The van der Waals surface area contributed by atoms with E-state index >= 15 is 0 Å². The Hall–Kier alpha value is -0.470. The Kier molecular flexibility index (Phi) is 5.19. The zero-order valence-electron chi connectivity index (χ0n) is 13.6. The molecule has 0 spiro atoms. The van der Waals surface area contributed by atoms with Gasteiger partial charge in [0.2, 0.25) is 0 Å². The van der Waals surface area contributed by atoms with E-state index in [0.717, 1.165) is 6.54 Å². The monoisotopic (exact) mass is 291 g/mol. The Balaban J connectivity index is 2.30. The molecule has 1 aromatic rings. The van der Waals surface area contributed by atoms with Gasteiger partial charge in [0.25, 0.3) is 0 Å². The van der Waals surface area contributed by atoms with Gasteiger partial charge in [-0.1, -0.05) is 53.2 Å². The summed E-state index contributed by atoms with van der Waals surface area (Å²) in [6, 6.07) is 7.65. The SMILES string of the molecule is CCCNC1c2cc(C(C)(C)C)ccc2SC1CCC. The van der Waals surface area contributed by atoms with Crippen molar-refractivity contribution in [1.82, 2.24) is 5.32 Å². The van der Waals surface area contributed by atoms with Crippen molar-refractivity contribution in [1.29, 1.82) is 0 Å². The molecule has 1 aliphatic rings. The first-order valence-corrected chi connectivity index (χ1v) is 8.89. The lowest BCUT2D eigenvalue weighted by molar-refractivity contribution is 0.496. The number of fused-ring (bicyclic) bond motifs is 1. The molecule has 0 radical (unpaired) electrons. The smallest absolute Gasteiger partial charge is 0.0455 e. The molecular weight excluding hydrogens is 262 g/mol. The van der Waals surface area contributed by atoms with E-state index < -0.39 is 0 Å². The Morgan fingerprint density at radius 3 is 2.50 bits per heavy atom. The number of rotatable bonds is 5. The van der Waals surface area contributed by atoms with E-state index in [2.05, 4.69) is 69.9 Å². The van der Waals surface area contributed by atoms with Crippen LogP contribution in [0.1, 0.15) is 71.0 Å². The largest absolute Gasteiger partial charge is 0.309 e. The van der Waals surface area contributed by atoms with Crippen LogP contribution in [0.5, 0.6) is 0 Å². The maximum atomic E-state index is 3.78. The van der Waals surface area contributed by atoms with Crippen LogP contribution in [-0.2, 0) is 5.41 Å². The molecule has 112 valence electrons. The van der Waals surface area contributed by atoms with E-state index in [9.17, 15) is 0 Å². The highest BCUT2D eigenvalue weighted by molar-refractivity contribution is 8.00. The van der Waals surface area contributed by atoms with Crippen molar-refractivity contribution in [2.45, 2.75) is 75.5 Å². The van der Waals surface area contributed by atoms with Crippen LogP contribution in [0.25, 0.3) is 0 Å². The van der Waals surface area contributed by atoms with Crippen LogP contribution >= 0.6 is 11.8 Å². The highest BCUT2D eigenvalue weighted by Crippen LogP contribution is 2.47. The molecule has 2 unspecified atom stereocenters. The summed E-state index contributed by atoms with van der Waals surface area (Å²) < 4.78 is 0. The molecule has 1 aliphatic heterocycles. The van der Waals surface area contributed by atoms with Crippen molar-refractivity contribution in [3.05, 3.63) is 29.3 Å². The van der Waals surface area contributed by atoms with Crippen LogP contribution in [0.4, 0.5) is 0 Å². The van der Waals surface area contributed by atoms with Gasteiger partial charge in [0.15, 0.2) is 0 Å². The molecular formula is C18H29NS. The summed E-state index contributed by atoms with van der Waals surface area (Å²) in [4.78, 5) is 1.49. The average Bonchev–Trinajstić information content (AvgIpc) is 2.72. The maximum absolute atomic E-state index is 3.78. The minimum Gasteiger partial charge on any atom is -0.309 e. The van der Waals surface area contributed by atoms with Crippen LogP contribution in [0.15, 0.2) is 23.1 Å². The van der Waals surface area contributed by atoms with Crippen molar-refractivity contribution in [3.63, 3.8) is 0 Å². The molecule has 2 heteroatoms. The van der Waals surface area contributed by atoms with Gasteiger partial charge in [0.1, 0.15) is 0 Å². The summed E-state index contributed by atoms with van der Waals surface area (Å²) >= 11 is 2.08. The van der Waals surface area contributed by atoms with Crippen molar-refractivity contribution >= 4 is 11.8 Å². The van der Waals surface area contributed by atoms with Crippen LogP contribution in [0, 0.1) is 0 Å². The molecule has 1 N–H and O–H groups in total. The van der Waals surface area contributed by atoms with Gasteiger partial charge in [0.05, 0.1) is 0 Å². The molecule has 1 aromatic carbocycles. The van der Waals surface area contributed by atoms with Crippen molar-refractivity contribution in [2.24, 2.45) is 0 Å². The fourth-order valence-corrected chi connectivity index (χ4v) is 4.38. The topological polar surface area (TPSA) is 12.0 Å². The zero-order valence-corrected chi connectivity index (χ0v) is 14.4. The molecule has 1 heterocycles. The first kappa shape index (κ1) is 15.9. The number of hydrogen-bond donors (Lipinski definition) is 1. The molecule has 0 saturated carbocycles. The number of benzene rings is 1. The first-order valence-electron chi connectivity index (χ1n) is 8.01. The Morgan fingerprint density at radius 2 is 1.90 bits per heavy atom. The highest BCUT2D eigenvalue weighted by Gasteiger charge is 2.33. The molecule has 2 rings (SSSR count). The van der Waals surface area contributed by atoms with Gasteiger partial charge in [-0.2, -0.15) is 0 Å². The third-order valence-corrected chi connectivity index (χ3v) is 5.48. The molecule has 1 nitrogen and oxygen atoms in total. The summed E-state index contributed by atoms with van der Waals surface area (Å²) in [5.74, 6) is 0. The Morgan fingerprint density at radius 1 is 1.15 bits per heavy atom. The normalized spacial score (nSPS) is 22.1. The zero-order chi connectivity index (χ0) is 14.8. The van der Waals surface area contributed by atoms with Crippen LogP contribution < -0.4 is 5.32 Å². The lowest BCUT2D eigenvalue weighted by Crippen LogP contribution is -2.28. The van der Waals surface area contributed by atoms with Gasteiger partial charge in [-0.05, 0) is 42.0 Å². The van der Waals surface area contributed by atoms with Crippen molar-refractivity contribution < 1.29 is 0 Å². The first-order chi connectivity index (χ1) is 9.47. The minimum absolute atomic E-state index is 0.234. The van der Waals surface area contributed by atoms with Crippen LogP contribution in [-0.4, -0.2) is 11.8 Å². The van der Waals surface area contributed by atoms with Gasteiger partial charge in [-0.3, -0.25) is 0 Å². The Labute approximate surface area is 128 Å². The predicted molar refractivity (Wildman–Crippen MR) is 90.7 cm³/mol. The molecule has 0 bridgehead atoms. The number of hydrogen-bond acceptors (Lipinski definition) is 2. The molecule has 0 fully saturated rings. The summed E-state index contributed by atoms with van der Waals surface area (Å²) in [5.41, 5.74) is 3.23. The summed E-state index contributed by atoms with van der Waals surface area (Å²) in [6.45, 7) is 12.6. The number of thioether (sulfide) groups is 1. The van der Waals surface area contributed by atoms with E-state index in [4.69, 9.17) is 0 Å². The second-order valence-corrected chi connectivity index (χ2v) is 8.16. The number of nitrogens with one attached hydrogen (secondary N) is 1. The van der Waals surface area contributed by atoms with Crippen LogP contribution in [0.3, 0.4) is 0 Å². The second-order valence-electron chi connectivity index (χ2n) is 6.88. The molecule has 0 amide bonds. The predicted octanol–water partition coefficient (Wildman–Crippen LogP) is 5.30. The Bertz CT molecular complexity index is 447. The van der Waals surface area contributed by atoms with Crippen LogP contribution in [0.2, 0.25) is 0 Å². The molecule has 20 heavy (non-hydrogen) atoms. The highest BCUT2D eigenvalue weighted by atomic mass is 32.2. The van der Waals surface area contributed by atoms with E-state index in [-0.39, 0.29) is 5.41 Å². The maximum Gasteiger partial charge on any atom is 0.0455 e. The summed E-state index contributed by atoms with van der Waals surface area (Å²) in [7, 11) is 0. The lowest BCUT2D eigenvalue weighted by atomic mass is 9.85.